The standard InChI is InChI=1S/C15H12N4O3S2/c1-8-9-6-11(24-14(9)19(2)17-8)15(20)21-7-12-16-13(18-22-12)10-4-3-5-23-10/h3-6H,7H2,1-2H3. The van der Waals surface area contributed by atoms with Crippen molar-refractivity contribution in [2.24, 2.45) is 7.05 Å². The number of hydrogen-bond donors (Lipinski definition) is 0. The molecule has 4 aromatic heterocycles. The molecule has 0 aliphatic carbocycles. The largest absolute Gasteiger partial charge is 0.451 e. The smallest absolute Gasteiger partial charge is 0.348 e. The summed E-state index contributed by atoms with van der Waals surface area (Å²) in [5, 5.41) is 11.1. The lowest BCUT2D eigenvalue weighted by Crippen LogP contribution is -2.03. The lowest BCUT2D eigenvalue weighted by molar-refractivity contribution is 0.0435. The molecule has 0 aromatic carbocycles. The minimum absolute atomic E-state index is 0.0529. The molecule has 0 unspecified atom stereocenters. The van der Waals surface area contributed by atoms with Crippen molar-refractivity contribution in [1.82, 2.24) is 19.9 Å². The van der Waals surface area contributed by atoms with Gasteiger partial charge in [-0.25, -0.2) is 4.79 Å². The van der Waals surface area contributed by atoms with Gasteiger partial charge in [-0.1, -0.05) is 11.2 Å². The van der Waals surface area contributed by atoms with E-state index in [1.54, 1.807) is 10.7 Å². The van der Waals surface area contributed by atoms with Crippen LogP contribution >= 0.6 is 22.7 Å². The van der Waals surface area contributed by atoms with Crippen molar-refractivity contribution in [3.8, 4) is 10.7 Å². The molecule has 4 rings (SSSR count). The fraction of sp³-hybridized carbons (Fsp3) is 0.200. The highest BCUT2D eigenvalue weighted by Crippen LogP contribution is 2.28. The molecule has 0 amide bonds. The monoisotopic (exact) mass is 360 g/mol. The van der Waals surface area contributed by atoms with Gasteiger partial charge in [0, 0.05) is 12.4 Å². The third-order valence-corrected chi connectivity index (χ3v) is 5.48. The van der Waals surface area contributed by atoms with Gasteiger partial charge in [0.15, 0.2) is 6.61 Å². The van der Waals surface area contributed by atoms with E-state index in [4.69, 9.17) is 9.26 Å². The van der Waals surface area contributed by atoms with E-state index in [1.165, 1.54) is 22.7 Å². The molecule has 0 N–H and O–H groups in total. The molecular weight excluding hydrogens is 348 g/mol. The Labute approximate surface area is 144 Å². The van der Waals surface area contributed by atoms with Crippen LogP contribution in [0.25, 0.3) is 20.9 Å². The molecule has 0 saturated heterocycles. The normalized spacial score (nSPS) is 11.2. The summed E-state index contributed by atoms with van der Waals surface area (Å²) in [4.78, 5) is 18.8. The first-order valence-corrected chi connectivity index (χ1v) is 8.78. The minimum atomic E-state index is -0.411. The number of thiophene rings is 2. The number of carbonyl (C=O) groups is 1. The van der Waals surface area contributed by atoms with Gasteiger partial charge in [0.25, 0.3) is 5.89 Å². The van der Waals surface area contributed by atoms with Crippen LogP contribution in [0.15, 0.2) is 28.1 Å². The number of ether oxygens (including phenoxy) is 1. The topological polar surface area (TPSA) is 83.0 Å². The van der Waals surface area contributed by atoms with Crippen LogP contribution < -0.4 is 0 Å². The lowest BCUT2D eigenvalue weighted by atomic mass is 10.3. The Kier molecular flexibility index (Phi) is 3.66. The minimum Gasteiger partial charge on any atom is -0.451 e. The Bertz CT molecular complexity index is 979. The molecule has 0 spiro atoms. The van der Waals surface area contributed by atoms with Crippen LogP contribution in [-0.2, 0) is 18.4 Å². The first-order chi connectivity index (χ1) is 11.6. The highest BCUT2D eigenvalue weighted by molar-refractivity contribution is 7.20. The van der Waals surface area contributed by atoms with Crippen LogP contribution in [0.3, 0.4) is 0 Å². The van der Waals surface area contributed by atoms with E-state index >= 15 is 0 Å². The van der Waals surface area contributed by atoms with E-state index in [0.717, 1.165) is 20.8 Å². The molecule has 4 aromatic rings. The van der Waals surface area contributed by atoms with Crippen molar-refractivity contribution in [2.75, 3.05) is 0 Å². The number of esters is 1. The zero-order valence-corrected chi connectivity index (χ0v) is 14.5. The maximum Gasteiger partial charge on any atom is 0.348 e. The average Bonchev–Trinajstić information content (AvgIpc) is 3.33. The summed E-state index contributed by atoms with van der Waals surface area (Å²) in [5.41, 5.74) is 0.889. The zero-order chi connectivity index (χ0) is 16.7. The predicted molar refractivity (Wildman–Crippen MR) is 90.1 cm³/mol. The number of rotatable bonds is 4. The molecule has 0 fully saturated rings. The number of carbonyl (C=O) groups excluding carboxylic acids is 1. The second kappa shape index (κ2) is 5.84. The van der Waals surface area contributed by atoms with Crippen LogP contribution in [0.4, 0.5) is 0 Å². The molecule has 122 valence electrons. The Morgan fingerprint density at radius 1 is 1.46 bits per heavy atom. The van der Waals surface area contributed by atoms with Gasteiger partial charge in [-0.05, 0) is 24.4 Å². The summed E-state index contributed by atoms with van der Waals surface area (Å²) >= 11 is 2.87. The predicted octanol–water partition coefficient (Wildman–Crippen LogP) is 3.41. The maximum absolute atomic E-state index is 12.2. The third kappa shape index (κ3) is 2.61. The van der Waals surface area contributed by atoms with Gasteiger partial charge in [-0.2, -0.15) is 10.1 Å². The molecule has 0 aliphatic rings. The van der Waals surface area contributed by atoms with E-state index in [-0.39, 0.29) is 12.5 Å². The number of fused-ring (bicyclic) bond motifs is 1. The van der Waals surface area contributed by atoms with Crippen molar-refractivity contribution in [3.05, 3.63) is 40.0 Å². The zero-order valence-electron chi connectivity index (χ0n) is 12.8. The fourth-order valence-electron chi connectivity index (χ4n) is 2.32. The number of hydrogen-bond acceptors (Lipinski definition) is 8. The Hall–Kier alpha value is -2.52. The van der Waals surface area contributed by atoms with Gasteiger partial charge in [-0.3, -0.25) is 4.68 Å². The Morgan fingerprint density at radius 3 is 3.08 bits per heavy atom. The lowest BCUT2D eigenvalue weighted by Gasteiger charge is -1.98. The molecule has 7 nitrogen and oxygen atoms in total. The highest BCUT2D eigenvalue weighted by atomic mass is 32.1. The second-order valence-corrected chi connectivity index (χ2v) is 7.08. The van der Waals surface area contributed by atoms with Crippen LogP contribution in [0.2, 0.25) is 0 Å². The average molecular weight is 360 g/mol. The van der Waals surface area contributed by atoms with Crippen LogP contribution in [0.5, 0.6) is 0 Å². The molecular formula is C15H12N4O3S2. The third-order valence-electron chi connectivity index (χ3n) is 3.43. The quantitative estimate of drug-likeness (QED) is 0.519. The summed E-state index contributed by atoms with van der Waals surface area (Å²) in [6.07, 6.45) is 0. The van der Waals surface area contributed by atoms with Gasteiger partial charge in [0.1, 0.15) is 9.71 Å². The van der Waals surface area contributed by atoms with Crippen molar-refractivity contribution >= 4 is 38.9 Å². The summed E-state index contributed by atoms with van der Waals surface area (Å²) in [6.45, 7) is 1.86. The highest BCUT2D eigenvalue weighted by Gasteiger charge is 2.17. The maximum atomic E-state index is 12.2. The van der Waals surface area contributed by atoms with Crippen LogP contribution in [-0.4, -0.2) is 25.9 Å². The summed E-state index contributed by atoms with van der Waals surface area (Å²) in [6, 6.07) is 5.61. The number of aromatic nitrogens is 4. The van der Waals surface area contributed by atoms with Gasteiger partial charge in [0.2, 0.25) is 5.82 Å². The molecule has 0 aliphatic heterocycles. The molecule has 4 heterocycles. The van der Waals surface area contributed by atoms with E-state index in [9.17, 15) is 4.79 Å². The SMILES string of the molecule is Cc1nn(C)c2sc(C(=O)OCc3nc(-c4cccs4)no3)cc12. The summed E-state index contributed by atoms with van der Waals surface area (Å²) in [5.74, 6) is 0.358. The van der Waals surface area contributed by atoms with Crippen LogP contribution in [0.1, 0.15) is 21.3 Å². The molecule has 24 heavy (non-hydrogen) atoms. The second-order valence-electron chi connectivity index (χ2n) is 5.10. The number of nitrogens with zero attached hydrogens (tertiary/aromatic N) is 4. The summed E-state index contributed by atoms with van der Waals surface area (Å²) < 4.78 is 12.1. The Balaban J connectivity index is 1.47. The van der Waals surface area contributed by atoms with Gasteiger partial charge in [-0.15, -0.1) is 22.7 Å². The molecule has 9 heteroatoms. The number of aryl methyl sites for hydroxylation is 2. The molecule has 0 radical (unpaired) electrons. The van der Waals surface area contributed by atoms with Crippen molar-refractivity contribution < 1.29 is 14.1 Å². The van der Waals surface area contributed by atoms with Gasteiger partial charge >= 0.3 is 5.97 Å². The van der Waals surface area contributed by atoms with Gasteiger partial charge < -0.3 is 9.26 Å². The van der Waals surface area contributed by atoms with E-state index in [1.807, 2.05) is 31.5 Å². The molecule has 0 saturated carbocycles. The van der Waals surface area contributed by atoms with Crippen LogP contribution in [0, 0.1) is 6.92 Å². The molecule has 0 bridgehead atoms. The van der Waals surface area contributed by atoms with E-state index < -0.39 is 5.97 Å². The van der Waals surface area contributed by atoms with E-state index in [0.29, 0.717) is 10.7 Å². The Morgan fingerprint density at radius 2 is 2.33 bits per heavy atom. The van der Waals surface area contributed by atoms with Crippen molar-refractivity contribution in [2.45, 2.75) is 13.5 Å². The first kappa shape index (κ1) is 15.0. The first-order valence-electron chi connectivity index (χ1n) is 7.08. The summed E-state index contributed by atoms with van der Waals surface area (Å²) in [7, 11) is 1.85. The van der Waals surface area contributed by atoms with Gasteiger partial charge in [0.05, 0.1) is 10.6 Å². The molecule has 0 atom stereocenters. The van der Waals surface area contributed by atoms with Crippen molar-refractivity contribution in [1.29, 1.82) is 0 Å². The van der Waals surface area contributed by atoms with E-state index in [2.05, 4.69) is 15.2 Å². The van der Waals surface area contributed by atoms with Crippen molar-refractivity contribution in [3.63, 3.8) is 0 Å². The fourth-order valence-corrected chi connectivity index (χ4v) is 3.99.